The molecule has 3 rings (SSSR count). The predicted octanol–water partition coefficient (Wildman–Crippen LogP) is 5.29. The fraction of sp³-hybridized carbons (Fsp3) is 0.278. The van der Waals surface area contributed by atoms with Crippen LogP contribution in [0, 0.1) is 16.0 Å². The van der Waals surface area contributed by atoms with Crippen LogP contribution in [-0.2, 0) is 14.3 Å². The van der Waals surface area contributed by atoms with Crippen LogP contribution in [0.1, 0.15) is 25.5 Å². The Kier molecular flexibility index (Phi) is 5.55. The molecule has 0 aromatic heterocycles. The van der Waals surface area contributed by atoms with Gasteiger partial charge in [0.25, 0.3) is 5.69 Å². The molecule has 2 atom stereocenters. The van der Waals surface area contributed by atoms with Crippen molar-refractivity contribution in [2.75, 3.05) is 0 Å². The molecule has 2 unspecified atom stereocenters. The fourth-order valence-electron chi connectivity index (χ4n) is 2.54. The zero-order valence-electron chi connectivity index (χ0n) is 14.3. The minimum Gasteiger partial charge on any atom is -0.456 e. The maximum absolute atomic E-state index is 12.2. The number of carbonyl (C=O) groups is 1. The van der Waals surface area contributed by atoms with Crippen molar-refractivity contribution in [2.45, 2.75) is 26.2 Å². The van der Waals surface area contributed by atoms with E-state index in [1.807, 2.05) is 13.8 Å². The molecule has 7 nitrogen and oxygen atoms in total. The van der Waals surface area contributed by atoms with Gasteiger partial charge in [-0.2, -0.15) is 0 Å². The molecule has 1 heterocycles. The fourth-order valence-corrected chi connectivity index (χ4v) is 2.99. The smallest absolute Gasteiger partial charge is 0.342 e. The number of nitro groups is 1. The van der Waals surface area contributed by atoms with Gasteiger partial charge in [0.1, 0.15) is 11.5 Å². The topological polar surface area (TPSA) is 87.9 Å². The van der Waals surface area contributed by atoms with E-state index >= 15 is 0 Å². The summed E-state index contributed by atoms with van der Waals surface area (Å²) in [6.07, 6.45) is -1.97. The SMILES string of the molecule is CC(C)C1OC(=O)C(c2cc(Oc3ccc(Cl)cc3Cl)ccc2[N+](=O)[O-])O1. The molecule has 1 fully saturated rings. The Morgan fingerprint density at radius 3 is 2.52 bits per heavy atom. The average molecular weight is 412 g/mol. The number of nitrogens with zero attached hydrogens (tertiary/aromatic N) is 1. The third kappa shape index (κ3) is 4.16. The Labute approximate surface area is 164 Å². The minimum atomic E-state index is -1.21. The van der Waals surface area contributed by atoms with Gasteiger partial charge in [-0.1, -0.05) is 37.0 Å². The van der Waals surface area contributed by atoms with E-state index in [4.69, 9.17) is 37.4 Å². The molecule has 0 spiro atoms. The Balaban J connectivity index is 1.96. The van der Waals surface area contributed by atoms with Crippen LogP contribution in [0.4, 0.5) is 5.69 Å². The van der Waals surface area contributed by atoms with Gasteiger partial charge in [-0.25, -0.2) is 4.79 Å². The van der Waals surface area contributed by atoms with Crippen LogP contribution < -0.4 is 4.74 Å². The zero-order chi connectivity index (χ0) is 19.7. The second-order valence-corrected chi connectivity index (χ2v) is 7.06. The largest absolute Gasteiger partial charge is 0.456 e. The standard InChI is InChI=1S/C18H15Cl2NO6/c1-9(2)18-26-16(17(22)27-18)12-8-11(4-5-14(12)21(23)24)25-15-6-3-10(19)7-13(15)20/h3-9,16,18H,1-2H3. The van der Waals surface area contributed by atoms with Gasteiger partial charge in [-0.15, -0.1) is 0 Å². The van der Waals surface area contributed by atoms with Crippen molar-refractivity contribution in [1.82, 2.24) is 0 Å². The van der Waals surface area contributed by atoms with Crippen molar-refractivity contribution in [3.63, 3.8) is 0 Å². The molecular weight excluding hydrogens is 397 g/mol. The van der Waals surface area contributed by atoms with Gasteiger partial charge in [-0.05, 0) is 30.3 Å². The minimum absolute atomic E-state index is 0.0516. The van der Waals surface area contributed by atoms with E-state index in [1.54, 1.807) is 12.1 Å². The highest BCUT2D eigenvalue weighted by Gasteiger charge is 2.41. The first-order valence-corrected chi connectivity index (χ1v) is 8.79. The van der Waals surface area contributed by atoms with E-state index in [0.717, 1.165) is 0 Å². The molecule has 0 N–H and O–H groups in total. The predicted molar refractivity (Wildman–Crippen MR) is 98.2 cm³/mol. The number of halogens is 2. The van der Waals surface area contributed by atoms with E-state index in [0.29, 0.717) is 10.8 Å². The van der Waals surface area contributed by atoms with Crippen molar-refractivity contribution >= 4 is 34.9 Å². The Morgan fingerprint density at radius 1 is 1.19 bits per heavy atom. The van der Waals surface area contributed by atoms with Crippen molar-refractivity contribution in [3.05, 3.63) is 62.1 Å². The van der Waals surface area contributed by atoms with Crippen LogP contribution in [-0.4, -0.2) is 17.2 Å². The first kappa shape index (κ1) is 19.4. The van der Waals surface area contributed by atoms with E-state index < -0.39 is 23.3 Å². The summed E-state index contributed by atoms with van der Waals surface area (Å²) in [4.78, 5) is 23.0. The second-order valence-electron chi connectivity index (χ2n) is 6.22. The van der Waals surface area contributed by atoms with Gasteiger partial charge in [-0.3, -0.25) is 10.1 Å². The monoisotopic (exact) mass is 411 g/mol. The van der Waals surface area contributed by atoms with E-state index in [-0.39, 0.29) is 27.9 Å². The van der Waals surface area contributed by atoms with Crippen LogP contribution >= 0.6 is 23.2 Å². The lowest BCUT2D eigenvalue weighted by molar-refractivity contribution is -0.386. The van der Waals surface area contributed by atoms with Crippen LogP contribution in [0.3, 0.4) is 0 Å². The summed E-state index contributed by atoms with van der Waals surface area (Å²) in [7, 11) is 0. The molecule has 0 aliphatic carbocycles. The van der Waals surface area contributed by atoms with Crippen LogP contribution in [0.15, 0.2) is 36.4 Å². The lowest BCUT2D eigenvalue weighted by atomic mass is 10.1. The van der Waals surface area contributed by atoms with Gasteiger partial charge in [0.05, 0.1) is 15.5 Å². The Bertz CT molecular complexity index is 901. The number of esters is 1. The summed E-state index contributed by atoms with van der Waals surface area (Å²) in [5.74, 6) is -0.205. The quantitative estimate of drug-likeness (QED) is 0.377. The molecule has 0 radical (unpaired) electrons. The summed E-state index contributed by atoms with van der Waals surface area (Å²) >= 11 is 11.9. The molecule has 2 aromatic rings. The van der Waals surface area contributed by atoms with E-state index in [1.165, 1.54) is 24.3 Å². The van der Waals surface area contributed by atoms with Gasteiger partial charge in [0.2, 0.25) is 6.29 Å². The third-order valence-electron chi connectivity index (χ3n) is 3.86. The molecule has 1 aliphatic heterocycles. The summed E-state index contributed by atoms with van der Waals surface area (Å²) < 4.78 is 16.4. The molecule has 2 aromatic carbocycles. The van der Waals surface area contributed by atoms with Crippen molar-refractivity contribution in [2.24, 2.45) is 5.92 Å². The molecule has 0 saturated carbocycles. The summed E-state index contributed by atoms with van der Waals surface area (Å²) in [5, 5.41) is 12.1. The highest BCUT2D eigenvalue weighted by Crippen LogP contribution is 2.39. The number of ether oxygens (including phenoxy) is 3. The highest BCUT2D eigenvalue weighted by atomic mass is 35.5. The Morgan fingerprint density at radius 2 is 1.93 bits per heavy atom. The molecule has 1 saturated heterocycles. The highest BCUT2D eigenvalue weighted by molar-refractivity contribution is 6.35. The number of carbonyl (C=O) groups excluding carboxylic acids is 1. The first-order valence-electron chi connectivity index (χ1n) is 8.03. The first-order chi connectivity index (χ1) is 12.8. The van der Waals surface area contributed by atoms with Crippen molar-refractivity contribution < 1.29 is 23.9 Å². The molecule has 27 heavy (non-hydrogen) atoms. The maximum Gasteiger partial charge on any atom is 0.342 e. The number of benzene rings is 2. The maximum atomic E-state index is 12.2. The molecule has 9 heteroatoms. The van der Waals surface area contributed by atoms with Crippen LogP contribution in [0.5, 0.6) is 11.5 Å². The lowest BCUT2D eigenvalue weighted by Crippen LogP contribution is -2.16. The number of cyclic esters (lactones) is 1. The normalized spacial score (nSPS) is 19.2. The van der Waals surface area contributed by atoms with Gasteiger partial charge < -0.3 is 14.2 Å². The summed E-state index contributed by atoms with van der Waals surface area (Å²) in [6, 6.07) is 8.70. The zero-order valence-corrected chi connectivity index (χ0v) is 15.9. The average Bonchev–Trinajstić information content (AvgIpc) is 2.99. The molecular formula is C18H15Cl2NO6. The van der Waals surface area contributed by atoms with Gasteiger partial charge >= 0.3 is 5.97 Å². The van der Waals surface area contributed by atoms with E-state index in [9.17, 15) is 14.9 Å². The number of hydrogen-bond donors (Lipinski definition) is 0. The molecule has 0 bridgehead atoms. The lowest BCUT2D eigenvalue weighted by Gasteiger charge is -2.14. The van der Waals surface area contributed by atoms with E-state index in [2.05, 4.69) is 0 Å². The number of rotatable bonds is 5. The van der Waals surface area contributed by atoms with Gasteiger partial charge in [0.15, 0.2) is 6.10 Å². The Hall–Kier alpha value is -2.35. The second kappa shape index (κ2) is 7.72. The van der Waals surface area contributed by atoms with Crippen LogP contribution in [0.2, 0.25) is 10.0 Å². The van der Waals surface area contributed by atoms with Crippen molar-refractivity contribution in [1.29, 1.82) is 0 Å². The summed E-state index contributed by atoms with van der Waals surface area (Å²) in [6.45, 7) is 3.63. The van der Waals surface area contributed by atoms with Crippen LogP contribution in [0.25, 0.3) is 0 Å². The number of nitro benzene ring substituents is 1. The van der Waals surface area contributed by atoms with Crippen molar-refractivity contribution in [3.8, 4) is 11.5 Å². The summed E-state index contributed by atoms with van der Waals surface area (Å²) in [5.41, 5.74) is -0.216. The number of hydrogen-bond acceptors (Lipinski definition) is 6. The molecule has 142 valence electrons. The molecule has 0 amide bonds. The third-order valence-corrected chi connectivity index (χ3v) is 4.39. The van der Waals surface area contributed by atoms with Gasteiger partial charge in [0, 0.05) is 17.0 Å². The molecule has 1 aliphatic rings.